The van der Waals surface area contributed by atoms with E-state index < -0.39 is 0 Å². The second-order valence-electron chi connectivity index (χ2n) is 3.60. The Bertz CT molecular complexity index is 394. The predicted molar refractivity (Wildman–Crippen MR) is 62.9 cm³/mol. The van der Waals surface area contributed by atoms with Crippen molar-refractivity contribution in [3.05, 3.63) is 41.0 Å². The van der Waals surface area contributed by atoms with Crippen LogP contribution in [-0.4, -0.2) is 24.3 Å². The molecule has 0 spiro atoms. The van der Waals surface area contributed by atoms with Crippen LogP contribution in [0.25, 0.3) is 6.08 Å². The van der Waals surface area contributed by atoms with Crippen molar-refractivity contribution in [2.75, 3.05) is 13.2 Å². The Morgan fingerprint density at radius 2 is 2.12 bits per heavy atom. The van der Waals surface area contributed by atoms with Crippen LogP contribution >= 0.6 is 0 Å². The molecular weight excluding hydrogens is 204 g/mol. The van der Waals surface area contributed by atoms with Gasteiger partial charge in [0.1, 0.15) is 6.61 Å². The van der Waals surface area contributed by atoms with Crippen LogP contribution in [0.5, 0.6) is 0 Å². The number of carbonyl (C=O) groups excluding carboxylic acids is 1. The molecule has 0 heterocycles. The molecule has 86 valence electrons. The Balaban J connectivity index is 2.79. The van der Waals surface area contributed by atoms with Gasteiger partial charge in [-0.05, 0) is 29.7 Å². The zero-order chi connectivity index (χ0) is 12.0. The molecule has 0 radical (unpaired) electrons. The van der Waals surface area contributed by atoms with Gasteiger partial charge in [-0.3, -0.25) is 4.79 Å². The second kappa shape index (κ2) is 6.08. The van der Waals surface area contributed by atoms with E-state index in [0.29, 0.717) is 5.57 Å². The summed E-state index contributed by atoms with van der Waals surface area (Å²) in [6.07, 6.45) is 1.85. The Morgan fingerprint density at radius 1 is 1.44 bits per heavy atom. The lowest BCUT2D eigenvalue weighted by Gasteiger charge is -2.06. The Labute approximate surface area is 95.4 Å². The van der Waals surface area contributed by atoms with Crippen LogP contribution in [-0.2, 0) is 9.53 Å². The molecule has 0 saturated carbocycles. The number of rotatable bonds is 4. The van der Waals surface area contributed by atoms with Crippen LogP contribution in [0.3, 0.4) is 0 Å². The number of carbonyl (C=O) groups is 1. The van der Waals surface area contributed by atoms with Crippen molar-refractivity contribution < 1.29 is 14.6 Å². The molecule has 3 nitrogen and oxygen atoms in total. The van der Waals surface area contributed by atoms with Crippen molar-refractivity contribution in [1.29, 1.82) is 0 Å². The van der Waals surface area contributed by atoms with Crippen molar-refractivity contribution in [3.63, 3.8) is 0 Å². The maximum atomic E-state index is 10.7. The molecule has 0 atom stereocenters. The summed E-state index contributed by atoms with van der Waals surface area (Å²) in [5.41, 5.74) is 2.83. The molecule has 0 amide bonds. The van der Waals surface area contributed by atoms with Gasteiger partial charge < -0.3 is 9.84 Å². The molecule has 0 saturated heterocycles. The number of esters is 1. The number of aliphatic hydroxyl groups excluding tert-OH is 1. The smallest absolute Gasteiger partial charge is 0.302 e. The van der Waals surface area contributed by atoms with Gasteiger partial charge in [-0.1, -0.05) is 24.3 Å². The lowest BCUT2D eigenvalue weighted by Crippen LogP contribution is -2.06. The summed E-state index contributed by atoms with van der Waals surface area (Å²) in [4.78, 5) is 10.7. The van der Waals surface area contributed by atoms with Gasteiger partial charge in [0.15, 0.2) is 0 Å². The minimum absolute atomic E-state index is 0.110. The zero-order valence-corrected chi connectivity index (χ0v) is 9.56. The lowest BCUT2D eigenvalue weighted by molar-refractivity contribution is -0.140. The first-order valence-electron chi connectivity index (χ1n) is 5.12. The Hall–Kier alpha value is -1.61. The fraction of sp³-hybridized carbons (Fsp3) is 0.308. The van der Waals surface area contributed by atoms with E-state index >= 15 is 0 Å². The van der Waals surface area contributed by atoms with Crippen LogP contribution in [0.1, 0.15) is 18.1 Å². The highest BCUT2D eigenvalue weighted by atomic mass is 16.5. The highest BCUT2D eigenvalue weighted by Crippen LogP contribution is 2.12. The van der Waals surface area contributed by atoms with Crippen LogP contribution in [0.4, 0.5) is 0 Å². The average molecular weight is 220 g/mol. The molecule has 0 fully saturated rings. The van der Waals surface area contributed by atoms with E-state index in [9.17, 15) is 4.79 Å². The Morgan fingerprint density at radius 3 is 2.69 bits per heavy atom. The van der Waals surface area contributed by atoms with Gasteiger partial charge in [-0.25, -0.2) is 0 Å². The molecule has 0 unspecified atom stereocenters. The maximum Gasteiger partial charge on any atom is 0.302 e. The quantitative estimate of drug-likeness (QED) is 0.789. The first-order chi connectivity index (χ1) is 7.63. The Kier molecular flexibility index (Phi) is 4.73. The monoisotopic (exact) mass is 220 g/mol. The average Bonchev–Trinajstić information content (AvgIpc) is 2.26. The fourth-order valence-electron chi connectivity index (χ4n) is 1.30. The van der Waals surface area contributed by atoms with Crippen molar-refractivity contribution >= 4 is 12.0 Å². The third kappa shape index (κ3) is 3.87. The van der Waals surface area contributed by atoms with Gasteiger partial charge in [-0.15, -0.1) is 0 Å². The molecule has 0 aliphatic carbocycles. The van der Waals surface area contributed by atoms with Crippen LogP contribution in [0.15, 0.2) is 29.8 Å². The van der Waals surface area contributed by atoms with Gasteiger partial charge in [-0.2, -0.15) is 0 Å². The molecular formula is C13H16O3. The molecule has 1 rings (SSSR count). The van der Waals surface area contributed by atoms with E-state index in [1.165, 1.54) is 6.92 Å². The minimum atomic E-state index is -0.343. The normalized spacial score (nSPS) is 11.3. The van der Waals surface area contributed by atoms with Crippen molar-refractivity contribution in [3.8, 4) is 0 Å². The lowest BCUT2D eigenvalue weighted by atomic mass is 10.1. The van der Waals surface area contributed by atoms with Gasteiger partial charge in [0.2, 0.25) is 0 Å². The molecule has 0 bridgehead atoms. The van der Waals surface area contributed by atoms with Crippen LogP contribution in [0.2, 0.25) is 0 Å². The first-order valence-corrected chi connectivity index (χ1v) is 5.12. The number of hydrogen-bond acceptors (Lipinski definition) is 3. The summed E-state index contributed by atoms with van der Waals surface area (Å²) in [5.74, 6) is -0.343. The molecule has 0 aromatic heterocycles. The summed E-state index contributed by atoms with van der Waals surface area (Å²) in [6, 6.07) is 7.84. The van der Waals surface area contributed by atoms with Gasteiger partial charge in [0, 0.05) is 6.92 Å². The summed E-state index contributed by atoms with van der Waals surface area (Å²) in [5, 5.41) is 9.13. The third-order valence-corrected chi connectivity index (χ3v) is 2.21. The molecule has 0 aliphatic heterocycles. The largest absolute Gasteiger partial charge is 0.461 e. The number of ether oxygens (including phenoxy) is 1. The first kappa shape index (κ1) is 12.5. The number of benzene rings is 1. The number of aliphatic hydroxyl groups is 1. The van der Waals surface area contributed by atoms with Crippen molar-refractivity contribution in [2.45, 2.75) is 13.8 Å². The SMILES string of the molecule is CC(=O)OC/C(=C\c1ccccc1C)CO. The molecule has 0 aliphatic rings. The number of hydrogen-bond donors (Lipinski definition) is 1. The van der Waals surface area contributed by atoms with Crippen LogP contribution < -0.4 is 0 Å². The van der Waals surface area contributed by atoms with E-state index in [1.54, 1.807) is 0 Å². The highest BCUT2D eigenvalue weighted by Gasteiger charge is 2.01. The summed E-state index contributed by atoms with van der Waals surface area (Å²) < 4.78 is 4.84. The molecule has 3 heteroatoms. The second-order valence-corrected chi connectivity index (χ2v) is 3.60. The van der Waals surface area contributed by atoms with E-state index in [-0.39, 0.29) is 19.2 Å². The maximum absolute atomic E-state index is 10.7. The molecule has 1 N–H and O–H groups in total. The molecule has 1 aromatic rings. The van der Waals surface area contributed by atoms with Crippen LogP contribution in [0, 0.1) is 6.92 Å². The van der Waals surface area contributed by atoms with Crippen molar-refractivity contribution in [2.24, 2.45) is 0 Å². The highest BCUT2D eigenvalue weighted by molar-refractivity contribution is 5.66. The third-order valence-electron chi connectivity index (χ3n) is 2.21. The van der Waals surface area contributed by atoms with Crippen molar-refractivity contribution in [1.82, 2.24) is 0 Å². The van der Waals surface area contributed by atoms with E-state index in [4.69, 9.17) is 9.84 Å². The van der Waals surface area contributed by atoms with E-state index in [0.717, 1.165) is 11.1 Å². The van der Waals surface area contributed by atoms with E-state index in [1.807, 2.05) is 37.3 Å². The topological polar surface area (TPSA) is 46.5 Å². The summed E-state index contributed by atoms with van der Waals surface area (Å²) >= 11 is 0. The molecule has 16 heavy (non-hydrogen) atoms. The van der Waals surface area contributed by atoms with E-state index in [2.05, 4.69) is 0 Å². The number of aryl methyl sites for hydroxylation is 1. The predicted octanol–water partition coefficient (Wildman–Crippen LogP) is 1.93. The molecule has 1 aromatic carbocycles. The van der Waals surface area contributed by atoms with Gasteiger partial charge in [0.05, 0.1) is 6.61 Å². The zero-order valence-electron chi connectivity index (χ0n) is 9.56. The fourth-order valence-corrected chi connectivity index (χ4v) is 1.30. The minimum Gasteiger partial charge on any atom is -0.461 e. The van der Waals surface area contributed by atoms with Gasteiger partial charge >= 0.3 is 5.97 Å². The van der Waals surface area contributed by atoms with Gasteiger partial charge in [0.25, 0.3) is 0 Å². The summed E-state index contributed by atoms with van der Waals surface area (Å²) in [7, 11) is 0. The summed E-state index contributed by atoms with van der Waals surface area (Å²) in [6.45, 7) is 3.37. The standard InChI is InChI=1S/C13H16O3/c1-10-5-3-4-6-13(10)7-12(8-14)9-16-11(2)15/h3-7,14H,8-9H2,1-2H3/b12-7-.